The summed E-state index contributed by atoms with van der Waals surface area (Å²) in [7, 11) is 0. The highest BCUT2D eigenvalue weighted by molar-refractivity contribution is 14.1. The maximum atomic E-state index is 14.1. The van der Waals surface area contributed by atoms with Crippen LogP contribution in [0, 0.1) is 15.4 Å². The van der Waals surface area contributed by atoms with Crippen LogP contribution in [-0.2, 0) is 47.7 Å². The van der Waals surface area contributed by atoms with Crippen molar-refractivity contribution in [1.82, 2.24) is 29.7 Å². The molecule has 2 aromatic heterocycles. The molecule has 1 saturated heterocycles. The Balaban J connectivity index is 0.694. The van der Waals surface area contributed by atoms with Gasteiger partial charge in [0.1, 0.15) is 12.4 Å². The van der Waals surface area contributed by atoms with E-state index in [4.69, 9.17) is 18.9 Å². The van der Waals surface area contributed by atoms with E-state index in [2.05, 4.69) is 92.3 Å². The molecule has 0 radical (unpaired) electrons. The summed E-state index contributed by atoms with van der Waals surface area (Å²) in [6.07, 6.45) is 2.79. The quantitative estimate of drug-likeness (QED) is 0.0289. The normalized spacial score (nSPS) is 14.1. The fourth-order valence-electron chi connectivity index (χ4n) is 8.21. The molecule has 2 aliphatic rings. The number of amides is 4. The molecular weight excluding hydrogens is 1230 g/mol. The van der Waals surface area contributed by atoms with Crippen LogP contribution in [0.2, 0.25) is 0 Å². The third kappa shape index (κ3) is 15.3. The van der Waals surface area contributed by atoms with Gasteiger partial charge in [0.25, 0.3) is 17.7 Å². The first-order chi connectivity index (χ1) is 36.6. The molecular formula is C54H50Br2F3IN8O8. The number of piperazine rings is 1. The minimum atomic E-state index is -4.66. The van der Waals surface area contributed by atoms with E-state index in [1.807, 2.05) is 42.2 Å². The number of benzene rings is 4. The number of anilines is 2. The number of fused-ring (bicyclic) bond motifs is 2. The van der Waals surface area contributed by atoms with Gasteiger partial charge in [-0.25, -0.2) is 9.50 Å². The molecule has 4 amide bonds. The predicted octanol–water partition coefficient (Wildman–Crippen LogP) is 8.47. The summed E-state index contributed by atoms with van der Waals surface area (Å²) in [4.78, 5) is 59.4. The number of carbonyl (C=O) groups is 4. The average molecular weight is 1280 g/mol. The number of hydrogen-bond donors (Lipinski definition) is 3. The van der Waals surface area contributed by atoms with Crippen molar-refractivity contribution in [3.05, 3.63) is 148 Å². The average Bonchev–Trinajstić information content (AvgIpc) is 3.99. The van der Waals surface area contributed by atoms with E-state index in [0.29, 0.717) is 75.2 Å². The van der Waals surface area contributed by atoms with Crippen LogP contribution in [0.15, 0.2) is 100 Å². The fraction of sp³-hybridized carbons (Fsp3) is 0.296. The monoisotopic (exact) mass is 1280 g/mol. The van der Waals surface area contributed by atoms with E-state index in [-0.39, 0.29) is 88.3 Å². The molecule has 0 aliphatic carbocycles. The number of nitrogens with zero attached hydrogens (tertiary/aromatic N) is 5. The number of alkyl halides is 3. The number of ether oxygens (including phenoxy) is 4. The Hall–Kier alpha value is -6.20. The number of hydrogen-bond acceptors (Lipinski definition) is 11. The first-order valence-electron chi connectivity index (χ1n) is 24.0. The summed E-state index contributed by atoms with van der Waals surface area (Å²) in [5.41, 5.74) is 5.41. The number of rotatable bonds is 20. The molecule has 0 spiro atoms. The number of halogens is 6. The number of carbonyl (C=O) groups excluding carboxylic acids is 4. The van der Waals surface area contributed by atoms with Gasteiger partial charge in [-0.1, -0.05) is 24.8 Å². The van der Waals surface area contributed by atoms with E-state index in [1.165, 1.54) is 6.07 Å². The van der Waals surface area contributed by atoms with Crippen molar-refractivity contribution in [2.75, 3.05) is 89.6 Å². The first kappa shape index (κ1) is 56.0. The second kappa shape index (κ2) is 26.2. The van der Waals surface area contributed by atoms with Crippen LogP contribution in [0.4, 0.5) is 24.5 Å². The molecule has 0 saturated carbocycles. The number of aromatic nitrogens is 3. The second-order valence-corrected chi connectivity index (χ2v) is 20.4. The first-order valence-corrected chi connectivity index (χ1v) is 26.7. The van der Waals surface area contributed by atoms with Crippen molar-refractivity contribution < 1.29 is 51.3 Å². The van der Waals surface area contributed by atoms with Crippen molar-refractivity contribution in [1.29, 1.82) is 0 Å². The molecule has 76 heavy (non-hydrogen) atoms. The fourth-order valence-corrected chi connectivity index (χ4v) is 10.1. The highest BCUT2D eigenvalue weighted by atomic mass is 127. The predicted molar refractivity (Wildman–Crippen MR) is 295 cm³/mol. The van der Waals surface area contributed by atoms with Crippen molar-refractivity contribution in [2.45, 2.75) is 26.1 Å². The Kier molecular flexibility index (Phi) is 19.3. The molecule has 2 aliphatic heterocycles. The maximum absolute atomic E-state index is 14.1. The molecule has 16 nitrogen and oxygen atoms in total. The van der Waals surface area contributed by atoms with Gasteiger partial charge in [0.15, 0.2) is 12.3 Å². The van der Waals surface area contributed by atoms with Crippen LogP contribution in [0.5, 0.6) is 5.75 Å². The molecule has 6 aromatic rings. The van der Waals surface area contributed by atoms with Gasteiger partial charge in [0.2, 0.25) is 5.91 Å². The zero-order valence-electron chi connectivity index (χ0n) is 40.9. The molecule has 4 heterocycles. The summed E-state index contributed by atoms with van der Waals surface area (Å²) in [6, 6.07) is 19.7. The largest absolute Gasteiger partial charge is 0.481 e. The van der Waals surface area contributed by atoms with Crippen molar-refractivity contribution in [2.24, 2.45) is 0 Å². The third-order valence-corrected chi connectivity index (χ3v) is 13.9. The topological polar surface area (TPSA) is 178 Å². The van der Waals surface area contributed by atoms with Gasteiger partial charge in [-0.2, -0.15) is 18.3 Å². The lowest BCUT2D eigenvalue weighted by atomic mass is 10.0. The standard InChI is InChI=1S/C54H50Br2F3IN8O8/c1-2-37-5-6-39(26-38(37)4-3-34-29-62-48-9-10-63-68(48)31-34)52(71)64-42-22-36(21-40(27-42)54(57,58)59)30-66-12-14-67(15-13-66)50(70)33-75-20-19-74-18-17-73-16-11-61-49(69)32-76-51-45(55)24-35(25-46(51)56)23-44-43-28-41(60)7-8-47(43)65-53(44)72/h5-10,21-29,31H,2,11-20,30,32-33H2,1H3,(H,61,69)(H,64,71)(H,65,72)/b44-23-. The number of nitrogens with one attached hydrogen (secondary N) is 3. The van der Waals surface area contributed by atoms with E-state index >= 15 is 0 Å². The lowest BCUT2D eigenvalue weighted by Gasteiger charge is -2.34. The summed E-state index contributed by atoms with van der Waals surface area (Å²) < 4.78 is 68.6. The highest BCUT2D eigenvalue weighted by Gasteiger charge is 2.32. The van der Waals surface area contributed by atoms with Gasteiger partial charge < -0.3 is 39.8 Å². The van der Waals surface area contributed by atoms with Crippen LogP contribution in [0.3, 0.4) is 0 Å². The molecule has 0 bridgehead atoms. The Labute approximate surface area is 466 Å². The molecule has 22 heteroatoms. The van der Waals surface area contributed by atoms with E-state index in [9.17, 15) is 32.3 Å². The maximum Gasteiger partial charge on any atom is 0.416 e. The lowest BCUT2D eigenvalue weighted by Crippen LogP contribution is -2.49. The van der Waals surface area contributed by atoms with Crippen LogP contribution >= 0.6 is 54.5 Å². The summed E-state index contributed by atoms with van der Waals surface area (Å²) in [5, 5.41) is 12.5. The SMILES string of the molecule is CCc1ccc(C(=O)Nc2cc(CN3CCN(C(=O)COCCOCCOCCNC(=O)COc4c(Br)cc(/C=C5\C(=O)Nc6ccc(I)cc65)cc4Br)CC3)cc(C(F)(F)F)c2)cc1C#Cc1cnc2ccnn2c1. The molecule has 1 fully saturated rings. The lowest BCUT2D eigenvalue weighted by molar-refractivity contribution is -0.139. The summed E-state index contributed by atoms with van der Waals surface area (Å²) in [5.74, 6) is 5.29. The Morgan fingerprint density at radius 3 is 2.38 bits per heavy atom. The minimum absolute atomic E-state index is 0.00371. The van der Waals surface area contributed by atoms with Crippen molar-refractivity contribution >= 4 is 107 Å². The molecule has 396 valence electrons. The van der Waals surface area contributed by atoms with Gasteiger partial charge in [-0.3, -0.25) is 24.1 Å². The summed E-state index contributed by atoms with van der Waals surface area (Å²) in [6.45, 7) is 4.78. The van der Waals surface area contributed by atoms with Crippen LogP contribution in [0.25, 0.3) is 17.3 Å². The van der Waals surface area contributed by atoms with E-state index < -0.39 is 17.6 Å². The van der Waals surface area contributed by atoms with Gasteiger partial charge in [-0.15, -0.1) is 0 Å². The smallest absolute Gasteiger partial charge is 0.416 e. The zero-order valence-corrected chi connectivity index (χ0v) is 46.2. The van der Waals surface area contributed by atoms with Crippen LogP contribution in [0.1, 0.15) is 56.2 Å². The Morgan fingerprint density at radius 1 is 0.882 bits per heavy atom. The van der Waals surface area contributed by atoms with Gasteiger partial charge in [-0.05, 0) is 144 Å². The van der Waals surface area contributed by atoms with Crippen LogP contribution in [-0.4, -0.2) is 127 Å². The van der Waals surface area contributed by atoms with Gasteiger partial charge >= 0.3 is 6.18 Å². The summed E-state index contributed by atoms with van der Waals surface area (Å²) >= 11 is 9.23. The Bertz CT molecular complexity index is 3210. The minimum Gasteiger partial charge on any atom is -0.481 e. The zero-order chi connectivity index (χ0) is 53.8. The highest BCUT2D eigenvalue weighted by Crippen LogP contribution is 2.39. The van der Waals surface area contributed by atoms with E-state index in [0.717, 1.165) is 38.1 Å². The van der Waals surface area contributed by atoms with Gasteiger partial charge in [0.05, 0.1) is 59.3 Å². The third-order valence-electron chi connectivity index (χ3n) is 12.0. The van der Waals surface area contributed by atoms with Crippen LogP contribution < -0.4 is 20.7 Å². The Morgan fingerprint density at radius 2 is 1.63 bits per heavy atom. The molecule has 8 rings (SSSR count). The van der Waals surface area contributed by atoms with E-state index in [1.54, 1.807) is 58.3 Å². The molecule has 0 atom stereocenters. The second-order valence-electron chi connectivity index (χ2n) is 17.4. The molecule has 4 aromatic carbocycles. The van der Waals surface area contributed by atoms with Crippen molar-refractivity contribution in [3.8, 4) is 17.6 Å². The van der Waals surface area contributed by atoms with Crippen molar-refractivity contribution in [3.63, 3.8) is 0 Å². The molecule has 3 N–H and O–H groups in total. The number of aryl methyl sites for hydroxylation is 1. The van der Waals surface area contributed by atoms with Gasteiger partial charge in [0, 0.05) is 94.9 Å². The molecule has 0 unspecified atom stereocenters.